The minimum absolute atomic E-state index is 0.0874. The van der Waals surface area contributed by atoms with Gasteiger partial charge in [0.25, 0.3) is 5.91 Å². The van der Waals surface area contributed by atoms with Crippen LogP contribution in [-0.2, 0) is 18.0 Å². The maximum Gasteiger partial charge on any atom is 0.451 e. The van der Waals surface area contributed by atoms with Crippen LogP contribution in [0.2, 0.25) is 5.02 Å². The van der Waals surface area contributed by atoms with Gasteiger partial charge in [0.15, 0.2) is 5.16 Å². The van der Waals surface area contributed by atoms with Crippen molar-refractivity contribution >= 4 is 41.0 Å². The maximum atomic E-state index is 12.7. The summed E-state index contributed by atoms with van der Waals surface area (Å²) in [5.74, 6) is -1.80. The maximum absolute atomic E-state index is 12.7. The Morgan fingerprint density at radius 2 is 1.81 bits per heavy atom. The Hall–Kier alpha value is -2.47. The Balaban J connectivity index is 1.86. The number of hydrogen-bond acceptors (Lipinski definition) is 5. The lowest BCUT2D eigenvalue weighted by Gasteiger charge is -2.13. The Morgan fingerprint density at radius 3 is 2.37 bits per heavy atom. The van der Waals surface area contributed by atoms with Gasteiger partial charge in [-0.3, -0.25) is 10.2 Å². The summed E-state index contributed by atoms with van der Waals surface area (Å²) >= 11 is 6.49. The third-order valence-corrected chi connectivity index (χ3v) is 4.53. The Labute approximate surface area is 160 Å². The van der Waals surface area contributed by atoms with Crippen LogP contribution in [0.3, 0.4) is 0 Å². The van der Waals surface area contributed by atoms with Crippen molar-refractivity contribution in [3.8, 4) is 0 Å². The molecule has 0 aliphatic heterocycles. The Bertz CT molecular complexity index is 827. The van der Waals surface area contributed by atoms with E-state index in [9.17, 15) is 22.8 Å². The zero-order chi connectivity index (χ0) is 20.2. The van der Waals surface area contributed by atoms with Crippen LogP contribution < -0.4 is 16.2 Å². The van der Waals surface area contributed by atoms with Crippen LogP contribution in [0.25, 0.3) is 0 Å². The van der Waals surface area contributed by atoms with E-state index in [1.54, 1.807) is 24.3 Å². The van der Waals surface area contributed by atoms with Gasteiger partial charge in [-0.2, -0.15) is 13.2 Å². The van der Waals surface area contributed by atoms with E-state index in [0.29, 0.717) is 10.7 Å². The summed E-state index contributed by atoms with van der Waals surface area (Å²) in [5.41, 5.74) is 4.75. The molecule has 27 heavy (non-hydrogen) atoms. The third kappa shape index (κ3) is 5.76. The van der Waals surface area contributed by atoms with Gasteiger partial charge in [0.1, 0.15) is 0 Å². The van der Waals surface area contributed by atoms with Crippen LogP contribution in [0.5, 0.6) is 0 Å². The number of anilines is 1. The Kier molecular flexibility index (Phi) is 6.54. The largest absolute Gasteiger partial charge is 0.451 e. The molecule has 0 radical (unpaired) electrons. The molecule has 1 atom stereocenters. The molecule has 1 aromatic carbocycles. The molecule has 0 aliphatic carbocycles. The highest BCUT2D eigenvalue weighted by atomic mass is 35.5. The molecule has 0 bridgehead atoms. The minimum atomic E-state index is -4.65. The number of carbonyl (C=O) groups excluding carboxylic acids is 2. The molecule has 1 heterocycles. The topological polar surface area (TPSA) is 101 Å². The summed E-state index contributed by atoms with van der Waals surface area (Å²) < 4.78 is 38.8. The SMILES string of the molecule is CC(Sc1nnc(C(F)(F)F)n1C)C(=O)NNC(=O)Nc1ccc(Cl)cc1. The first-order chi connectivity index (χ1) is 12.6. The van der Waals surface area contributed by atoms with Crippen molar-refractivity contribution in [3.05, 3.63) is 35.1 Å². The summed E-state index contributed by atoms with van der Waals surface area (Å²) in [6.45, 7) is 1.45. The molecule has 1 aromatic heterocycles. The monoisotopic (exact) mass is 422 g/mol. The molecule has 13 heteroatoms. The number of alkyl halides is 3. The van der Waals surface area contributed by atoms with E-state index in [2.05, 4.69) is 26.4 Å². The first-order valence-electron chi connectivity index (χ1n) is 7.33. The number of thioether (sulfide) groups is 1. The fraction of sp³-hybridized carbons (Fsp3) is 0.286. The van der Waals surface area contributed by atoms with Crippen molar-refractivity contribution in [2.45, 2.75) is 23.5 Å². The molecule has 2 rings (SSSR count). The van der Waals surface area contributed by atoms with E-state index < -0.39 is 29.2 Å². The fourth-order valence-corrected chi connectivity index (χ4v) is 2.73. The first-order valence-corrected chi connectivity index (χ1v) is 8.59. The molecule has 2 aromatic rings. The van der Waals surface area contributed by atoms with Gasteiger partial charge in [-0.1, -0.05) is 23.4 Å². The molecule has 3 N–H and O–H groups in total. The Morgan fingerprint density at radius 1 is 1.19 bits per heavy atom. The van der Waals surface area contributed by atoms with Crippen molar-refractivity contribution in [3.63, 3.8) is 0 Å². The smallest absolute Gasteiger partial charge is 0.307 e. The number of hydrogen-bond donors (Lipinski definition) is 3. The van der Waals surface area contributed by atoms with E-state index >= 15 is 0 Å². The van der Waals surface area contributed by atoms with Crippen molar-refractivity contribution in [2.24, 2.45) is 7.05 Å². The number of urea groups is 1. The van der Waals surface area contributed by atoms with E-state index in [1.165, 1.54) is 6.92 Å². The van der Waals surface area contributed by atoms with Crippen molar-refractivity contribution < 1.29 is 22.8 Å². The number of benzene rings is 1. The van der Waals surface area contributed by atoms with Gasteiger partial charge in [0.2, 0.25) is 5.82 Å². The van der Waals surface area contributed by atoms with Crippen molar-refractivity contribution in [2.75, 3.05) is 5.32 Å². The lowest BCUT2D eigenvalue weighted by Crippen LogP contribution is -2.46. The molecule has 1 unspecified atom stereocenters. The van der Waals surface area contributed by atoms with Gasteiger partial charge < -0.3 is 9.88 Å². The van der Waals surface area contributed by atoms with Crippen LogP contribution in [0.1, 0.15) is 12.7 Å². The first kappa shape index (κ1) is 20.8. The number of hydrazine groups is 1. The van der Waals surface area contributed by atoms with E-state index in [1.807, 2.05) is 0 Å². The lowest BCUT2D eigenvalue weighted by atomic mass is 10.3. The number of nitrogens with zero attached hydrogens (tertiary/aromatic N) is 3. The quantitative estimate of drug-likeness (QED) is 0.519. The van der Waals surface area contributed by atoms with E-state index in [4.69, 9.17) is 11.6 Å². The van der Waals surface area contributed by atoms with Gasteiger partial charge in [0, 0.05) is 17.8 Å². The highest BCUT2D eigenvalue weighted by Gasteiger charge is 2.37. The van der Waals surface area contributed by atoms with Crippen molar-refractivity contribution in [1.29, 1.82) is 0 Å². The molecule has 0 saturated carbocycles. The van der Waals surface area contributed by atoms with Gasteiger partial charge in [-0.15, -0.1) is 10.2 Å². The fourth-order valence-electron chi connectivity index (χ4n) is 1.79. The minimum Gasteiger partial charge on any atom is -0.307 e. The standard InChI is InChI=1S/C14H14ClF3N6O2S/c1-7(27-13-23-21-11(24(13)2)14(16,17)18)10(25)20-22-12(26)19-9-5-3-8(15)4-6-9/h3-7H,1-2H3,(H,20,25)(H2,19,22,26). The van der Waals surface area contributed by atoms with Crippen molar-refractivity contribution in [1.82, 2.24) is 25.6 Å². The molecule has 8 nitrogen and oxygen atoms in total. The van der Waals surface area contributed by atoms with E-state index in [0.717, 1.165) is 23.4 Å². The van der Waals surface area contributed by atoms with Crippen LogP contribution >= 0.6 is 23.4 Å². The normalized spacial score (nSPS) is 12.4. The van der Waals surface area contributed by atoms with Gasteiger partial charge >= 0.3 is 12.2 Å². The number of aromatic nitrogens is 3. The molecule has 0 aliphatic rings. The molecule has 3 amide bonds. The molecular weight excluding hydrogens is 409 g/mol. The predicted octanol–water partition coefficient (Wildman–Crippen LogP) is 2.82. The summed E-state index contributed by atoms with van der Waals surface area (Å²) in [6, 6.07) is 5.57. The van der Waals surface area contributed by atoms with Gasteiger partial charge in [0.05, 0.1) is 5.25 Å². The van der Waals surface area contributed by atoms with Crippen LogP contribution in [0.15, 0.2) is 29.4 Å². The number of rotatable bonds is 4. The average Bonchev–Trinajstić information content (AvgIpc) is 2.95. The van der Waals surface area contributed by atoms with Crippen LogP contribution in [0, 0.1) is 0 Å². The number of amides is 3. The zero-order valence-electron chi connectivity index (χ0n) is 14.0. The molecule has 0 saturated heterocycles. The van der Waals surface area contributed by atoms with Crippen LogP contribution in [-0.4, -0.2) is 32.0 Å². The summed E-state index contributed by atoms with van der Waals surface area (Å²) in [6.07, 6.45) is -4.65. The average molecular weight is 423 g/mol. The highest BCUT2D eigenvalue weighted by Crippen LogP contribution is 2.30. The third-order valence-electron chi connectivity index (χ3n) is 3.14. The summed E-state index contributed by atoms with van der Waals surface area (Å²) in [7, 11) is 1.15. The number of halogens is 4. The highest BCUT2D eigenvalue weighted by molar-refractivity contribution is 8.00. The second-order valence-corrected chi connectivity index (χ2v) is 6.94. The molecule has 146 valence electrons. The van der Waals surface area contributed by atoms with Gasteiger partial charge in [-0.05, 0) is 31.2 Å². The van der Waals surface area contributed by atoms with E-state index in [-0.39, 0.29) is 5.16 Å². The second-order valence-electron chi connectivity index (χ2n) is 5.20. The number of carbonyl (C=O) groups is 2. The summed E-state index contributed by atoms with van der Waals surface area (Å²) in [4.78, 5) is 23.7. The number of nitrogens with one attached hydrogen (secondary N) is 3. The lowest BCUT2D eigenvalue weighted by molar-refractivity contribution is -0.147. The second kappa shape index (κ2) is 8.48. The molecule has 0 spiro atoms. The molecular formula is C14H14ClF3N6O2S. The summed E-state index contributed by atoms with van der Waals surface area (Å²) in [5, 5.41) is 8.53. The zero-order valence-corrected chi connectivity index (χ0v) is 15.5. The molecule has 0 fully saturated rings. The predicted molar refractivity (Wildman–Crippen MR) is 93.1 cm³/mol. The van der Waals surface area contributed by atoms with Crippen LogP contribution in [0.4, 0.5) is 23.7 Å². The van der Waals surface area contributed by atoms with Gasteiger partial charge in [-0.25, -0.2) is 10.2 Å².